The van der Waals surface area contributed by atoms with Crippen LogP contribution in [0.15, 0.2) is 114 Å². The minimum atomic E-state index is -1.20. The molecule has 4 aromatic carbocycles. The highest BCUT2D eigenvalue weighted by atomic mass is 32.1. The number of fused-ring (bicyclic) bond motifs is 1. The van der Waals surface area contributed by atoms with Crippen molar-refractivity contribution in [2.75, 3.05) is 11.9 Å². The number of aromatic nitrogens is 1. The van der Waals surface area contributed by atoms with Crippen LogP contribution in [0.25, 0.3) is 20.7 Å². The Morgan fingerprint density at radius 3 is 2.14 bits per heavy atom. The molecule has 252 valence electrons. The zero-order chi connectivity index (χ0) is 35.0. The smallest absolute Gasteiger partial charge is 0.216 e. The van der Waals surface area contributed by atoms with E-state index in [1.54, 1.807) is 47.0 Å². The van der Waals surface area contributed by atoms with Gasteiger partial charge in [0, 0.05) is 53.8 Å². The number of anilines is 1. The van der Waals surface area contributed by atoms with Gasteiger partial charge in [0.15, 0.2) is 5.78 Å². The minimum absolute atomic E-state index is 0.105. The van der Waals surface area contributed by atoms with Crippen molar-refractivity contribution < 1.29 is 23.5 Å². The number of ketones is 1. The molecule has 6 aromatic rings. The predicted octanol–water partition coefficient (Wildman–Crippen LogP) is 7.36. The van der Waals surface area contributed by atoms with Crippen molar-refractivity contribution >= 4 is 39.4 Å². The van der Waals surface area contributed by atoms with Crippen LogP contribution in [-0.4, -0.2) is 39.5 Å². The summed E-state index contributed by atoms with van der Waals surface area (Å²) in [6, 6.07) is 29.1. The van der Waals surface area contributed by atoms with Gasteiger partial charge in [-0.15, -0.1) is 11.3 Å². The van der Waals surface area contributed by atoms with Gasteiger partial charge in [-0.2, -0.15) is 0 Å². The number of hydrogen-bond donors (Lipinski definition) is 1. The van der Waals surface area contributed by atoms with E-state index in [9.17, 15) is 19.5 Å². The lowest BCUT2D eigenvalue weighted by molar-refractivity contribution is -0.109. The van der Waals surface area contributed by atoms with Crippen LogP contribution in [-0.2, 0) is 24.4 Å². The van der Waals surface area contributed by atoms with Crippen molar-refractivity contribution in [2.45, 2.75) is 38.2 Å². The van der Waals surface area contributed by atoms with Crippen molar-refractivity contribution in [1.29, 1.82) is 0 Å². The average molecular weight is 690 g/mol. The Kier molecular flexibility index (Phi) is 9.00. The van der Waals surface area contributed by atoms with Gasteiger partial charge in [-0.3, -0.25) is 24.2 Å². The predicted molar refractivity (Wildman–Crippen MR) is 191 cm³/mol. The first-order valence-electron chi connectivity index (χ1n) is 16.2. The Labute approximate surface area is 291 Å². The number of nitrogens with zero attached hydrogens (tertiary/aromatic N) is 3. The van der Waals surface area contributed by atoms with Gasteiger partial charge in [-0.05, 0) is 48.0 Å². The van der Waals surface area contributed by atoms with Crippen molar-refractivity contribution in [3.8, 4) is 10.4 Å². The van der Waals surface area contributed by atoms with Crippen molar-refractivity contribution in [3.05, 3.63) is 159 Å². The first-order valence-corrected chi connectivity index (χ1v) is 17.0. The molecule has 1 aliphatic rings. The average Bonchev–Trinajstić information content (AvgIpc) is 3.75. The van der Waals surface area contributed by atoms with E-state index in [1.165, 1.54) is 40.6 Å². The Balaban J connectivity index is 1.43. The summed E-state index contributed by atoms with van der Waals surface area (Å²) < 4.78 is 31.7. The summed E-state index contributed by atoms with van der Waals surface area (Å²) in [4.78, 5) is 44.9. The van der Waals surface area contributed by atoms with Gasteiger partial charge in [-0.25, -0.2) is 8.78 Å². The summed E-state index contributed by atoms with van der Waals surface area (Å²) >= 11 is 1.30. The van der Waals surface area contributed by atoms with E-state index in [-0.39, 0.29) is 17.7 Å². The molecule has 0 aliphatic heterocycles. The van der Waals surface area contributed by atoms with E-state index < -0.39 is 28.6 Å². The molecule has 2 aromatic heterocycles. The largest absolute Gasteiger partial charge is 0.370 e. The maximum absolute atomic E-state index is 15.1. The number of hydrogen-bond acceptors (Lipinski definition) is 6. The molecule has 7 rings (SSSR count). The number of pyridine rings is 1. The second-order valence-electron chi connectivity index (χ2n) is 12.6. The van der Waals surface area contributed by atoms with Crippen LogP contribution in [0.2, 0.25) is 0 Å². The van der Waals surface area contributed by atoms with Crippen molar-refractivity contribution in [1.82, 2.24) is 9.47 Å². The molecule has 1 N–H and O–H groups in total. The number of thiophene rings is 1. The number of carbonyl (C=O) groups excluding carboxylic acids is 2. The third kappa shape index (κ3) is 6.40. The summed E-state index contributed by atoms with van der Waals surface area (Å²) in [6.07, 6.45) is 3.00. The number of amides is 1. The quantitative estimate of drug-likeness (QED) is 0.0825. The highest BCUT2D eigenvalue weighted by Gasteiger charge is 2.46. The molecule has 0 unspecified atom stereocenters. The van der Waals surface area contributed by atoms with Gasteiger partial charge in [0.1, 0.15) is 22.2 Å². The Bertz CT molecular complexity index is 2250. The second kappa shape index (κ2) is 13.5. The topological polar surface area (TPSA) is 82.8 Å². The Morgan fingerprint density at radius 1 is 0.880 bits per heavy atom. The summed E-state index contributed by atoms with van der Waals surface area (Å²) in [5, 5.41) is 10.9. The zero-order valence-corrected chi connectivity index (χ0v) is 28.0. The van der Waals surface area contributed by atoms with E-state index in [4.69, 9.17) is 0 Å². The van der Waals surface area contributed by atoms with Crippen molar-refractivity contribution in [3.63, 3.8) is 0 Å². The molecule has 0 radical (unpaired) electrons. The molecular formula is C40H33F2N3O4S. The molecule has 10 heteroatoms. The van der Waals surface area contributed by atoms with Crippen LogP contribution in [0, 0.1) is 11.6 Å². The standard InChI is InChI=1S/C40H33F2N3O4S/c1-43(21-26-9-4-2-5-10-26)22-31-35-37(48)32(36(47)27-11-6-3-7-12-27)24-44(23-30-33(41)13-8-14-34(30)42)39(35)50-38(31)28-15-17-29(18-16-28)45(25-46)40(49)19-20-40/h2-18,24-25,49H,19-23H2,1H3. The maximum Gasteiger partial charge on any atom is 0.216 e. The minimum Gasteiger partial charge on any atom is -0.370 e. The van der Waals surface area contributed by atoms with E-state index in [1.807, 2.05) is 49.5 Å². The monoisotopic (exact) mass is 689 g/mol. The molecule has 7 nitrogen and oxygen atoms in total. The lowest BCUT2D eigenvalue weighted by atomic mass is 10.00. The Hall–Kier alpha value is -5.29. The van der Waals surface area contributed by atoms with Crippen LogP contribution >= 0.6 is 11.3 Å². The molecule has 1 fully saturated rings. The summed E-state index contributed by atoms with van der Waals surface area (Å²) in [5.41, 5.74) is 1.36. The molecular weight excluding hydrogens is 657 g/mol. The van der Waals surface area contributed by atoms with E-state index >= 15 is 8.78 Å². The molecule has 2 heterocycles. The fourth-order valence-electron chi connectivity index (χ4n) is 6.30. The van der Waals surface area contributed by atoms with Gasteiger partial charge >= 0.3 is 0 Å². The van der Waals surface area contributed by atoms with Gasteiger partial charge in [0.2, 0.25) is 11.8 Å². The lowest BCUT2D eigenvalue weighted by Gasteiger charge is -2.23. The molecule has 0 atom stereocenters. The molecule has 0 saturated heterocycles. The molecule has 0 bridgehead atoms. The van der Waals surface area contributed by atoms with Gasteiger partial charge in [0.05, 0.1) is 17.5 Å². The number of halogens is 2. The third-order valence-corrected chi connectivity index (χ3v) is 10.4. The van der Waals surface area contributed by atoms with Crippen LogP contribution in [0.3, 0.4) is 0 Å². The van der Waals surface area contributed by atoms with E-state index in [0.717, 1.165) is 16.0 Å². The molecule has 1 aliphatic carbocycles. The normalized spacial score (nSPS) is 13.5. The number of aliphatic hydroxyl groups is 1. The van der Waals surface area contributed by atoms with E-state index in [2.05, 4.69) is 4.90 Å². The molecule has 1 saturated carbocycles. The second-order valence-corrected chi connectivity index (χ2v) is 13.6. The molecule has 50 heavy (non-hydrogen) atoms. The first kappa shape index (κ1) is 33.2. The Morgan fingerprint density at radius 2 is 1.52 bits per heavy atom. The summed E-state index contributed by atoms with van der Waals surface area (Å²) in [6.45, 7) is 0.634. The zero-order valence-electron chi connectivity index (χ0n) is 27.2. The fraction of sp³-hybridized carbons (Fsp3) is 0.175. The van der Waals surface area contributed by atoms with Crippen LogP contribution in [0.4, 0.5) is 14.5 Å². The molecule has 1 amide bonds. The first-order chi connectivity index (χ1) is 24.2. The SMILES string of the molecule is CN(Cc1ccccc1)Cc1c(-c2ccc(N(C=O)C3(O)CC3)cc2)sc2c1c(=O)c(C(=O)c1ccccc1)cn2Cc1c(F)cccc1F. The number of benzene rings is 4. The number of rotatable bonds is 12. The third-order valence-electron chi connectivity index (χ3n) is 9.06. The van der Waals surface area contributed by atoms with Crippen LogP contribution < -0.4 is 10.3 Å². The van der Waals surface area contributed by atoms with Gasteiger partial charge < -0.3 is 9.67 Å². The lowest BCUT2D eigenvalue weighted by Crippen LogP contribution is -2.35. The van der Waals surface area contributed by atoms with Crippen molar-refractivity contribution in [2.24, 2.45) is 0 Å². The highest BCUT2D eigenvalue weighted by molar-refractivity contribution is 7.22. The van der Waals surface area contributed by atoms with Crippen LogP contribution in [0.5, 0.6) is 0 Å². The number of carbonyl (C=O) groups is 2. The van der Waals surface area contributed by atoms with Gasteiger partial charge in [0.25, 0.3) is 0 Å². The van der Waals surface area contributed by atoms with Crippen LogP contribution in [0.1, 0.15) is 45.5 Å². The van der Waals surface area contributed by atoms with E-state index in [0.29, 0.717) is 59.4 Å². The maximum atomic E-state index is 15.1. The fourth-order valence-corrected chi connectivity index (χ4v) is 7.59. The summed E-state index contributed by atoms with van der Waals surface area (Å²) in [5.74, 6) is -1.96. The molecule has 0 spiro atoms. The van der Waals surface area contributed by atoms with Gasteiger partial charge in [-0.1, -0.05) is 78.9 Å². The summed E-state index contributed by atoms with van der Waals surface area (Å²) in [7, 11) is 1.94. The highest BCUT2D eigenvalue weighted by Crippen LogP contribution is 2.43.